The number of hydrogen-bond donors (Lipinski definition) is 2. The zero-order valence-corrected chi connectivity index (χ0v) is 14.4. The monoisotopic (exact) mass is 355 g/mol. The molecule has 7 nitrogen and oxygen atoms in total. The van der Waals surface area contributed by atoms with Crippen molar-refractivity contribution in [2.24, 2.45) is 0 Å². The lowest BCUT2D eigenvalue weighted by Crippen LogP contribution is -2.27. The van der Waals surface area contributed by atoms with Crippen molar-refractivity contribution < 1.29 is 9.26 Å². The Balaban J connectivity index is 1.55. The highest BCUT2D eigenvalue weighted by Crippen LogP contribution is 2.20. The zero-order valence-electron chi connectivity index (χ0n) is 13.6. The summed E-state index contributed by atoms with van der Waals surface area (Å²) in [7, 11) is 0. The van der Waals surface area contributed by atoms with Gasteiger partial charge in [0, 0.05) is 23.6 Å². The summed E-state index contributed by atoms with van der Waals surface area (Å²) in [6.45, 7) is 2.91. The molecule has 1 aromatic carbocycles. The molecular weight excluding hydrogens is 338 g/mol. The maximum Gasteiger partial charge on any atom is 0.246 e. The number of aromatic nitrogens is 3. The molecule has 0 saturated heterocycles. The van der Waals surface area contributed by atoms with Crippen LogP contribution in [0, 0.1) is 0 Å². The van der Waals surface area contributed by atoms with E-state index < -0.39 is 0 Å². The van der Waals surface area contributed by atoms with Gasteiger partial charge in [0.15, 0.2) is 5.11 Å². The Kier molecular flexibility index (Phi) is 5.53. The van der Waals surface area contributed by atoms with Crippen molar-refractivity contribution in [3.05, 3.63) is 54.7 Å². The second-order valence-corrected chi connectivity index (χ2v) is 5.42. The molecule has 0 unspecified atom stereocenters. The van der Waals surface area contributed by atoms with Crippen LogP contribution in [0.15, 0.2) is 53.3 Å². The van der Waals surface area contributed by atoms with Crippen LogP contribution >= 0.6 is 12.2 Å². The third-order valence-electron chi connectivity index (χ3n) is 3.23. The molecule has 25 heavy (non-hydrogen) atoms. The number of hydrogen-bond acceptors (Lipinski definition) is 6. The van der Waals surface area contributed by atoms with E-state index in [0.717, 1.165) is 17.0 Å². The molecule has 0 saturated carbocycles. The number of benzene rings is 1. The van der Waals surface area contributed by atoms with E-state index in [-0.39, 0.29) is 0 Å². The molecule has 0 radical (unpaired) electrons. The summed E-state index contributed by atoms with van der Waals surface area (Å²) < 4.78 is 10.7. The zero-order chi connectivity index (χ0) is 17.5. The lowest BCUT2D eigenvalue weighted by molar-refractivity contribution is 0.340. The first-order chi connectivity index (χ1) is 12.2. The van der Waals surface area contributed by atoms with Crippen LogP contribution in [0.2, 0.25) is 0 Å². The summed E-state index contributed by atoms with van der Waals surface area (Å²) in [5.41, 5.74) is 1.71. The van der Waals surface area contributed by atoms with Crippen LogP contribution in [0.1, 0.15) is 12.8 Å². The van der Waals surface area contributed by atoms with Gasteiger partial charge >= 0.3 is 0 Å². The lowest BCUT2D eigenvalue weighted by Gasteiger charge is -2.07. The van der Waals surface area contributed by atoms with E-state index >= 15 is 0 Å². The summed E-state index contributed by atoms with van der Waals surface area (Å²) >= 11 is 5.23. The number of rotatable bonds is 6. The van der Waals surface area contributed by atoms with Gasteiger partial charge in [-0.05, 0) is 55.5 Å². The van der Waals surface area contributed by atoms with Crippen LogP contribution in [-0.2, 0) is 6.54 Å². The lowest BCUT2D eigenvalue weighted by atomic mass is 10.2. The molecule has 2 aromatic heterocycles. The fraction of sp³-hybridized carbons (Fsp3) is 0.176. The molecule has 3 rings (SSSR count). The molecule has 0 amide bonds. The van der Waals surface area contributed by atoms with E-state index in [9.17, 15) is 0 Å². The van der Waals surface area contributed by atoms with Crippen LogP contribution in [0.25, 0.3) is 11.4 Å². The number of ether oxygens (including phenoxy) is 1. The Bertz CT molecular complexity index is 821. The van der Waals surface area contributed by atoms with Gasteiger partial charge in [0.2, 0.25) is 11.7 Å². The fourth-order valence-electron chi connectivity index (χ4n) is 2.08. The summed E-state index contributed by atoms with van der Waals surface area (Å²) in [6.07, 6.45) is 3.37. The van der Waals surface area contributed by atoms with Crippen molar-refractivity contribution in [1.29, 1.82) is 0 Å². The van der Waals surface area contributed by atoms with Gasteiger partial charge in [-0.15, -0.1) is 0 Å². The Morgan fingerprint density at radius 2 is 1.92 bits per heavy atom. The van der Waals surface area contributed by atoms with Gasteiger partial charge < -0.3 is 19.9 Å². The van der Waals surface area contributed by atoms with Gasteiger partial charge in [0.05, 0.1) is 13.2 Å². The van der Waals surface area contributed by atoms with Gasteiger partial charge in [0.25, 0.3) is 0 Å². The van der Waals surface area contributed by atoms with Crippen LogP contribution in [-0.4, -0.2) is 26.8 Å². The van der Waals surface area contributed by atoms with Crippen LogP contribution in [0.3, 0.4) is 0 Å². The molecule has 0 aliphatic heterocycles. The first-order valence-electron chi connectivity index (χ1n) is 7.75. The van der Waals surface area contributed by atoms with Gasteiger partial charge in [-0.25, -0.2) is 0 Å². The number of anilines is 1. The van der Waals surface area contributed by atoms with E-state index in [2.05, 4.69) is 25.8 Å². The SMILES string of the molecule is CCOc1ccc(-c2noc(CNC(=S)Nc3ccncc3)n2)cc1. The molecule has 2 N–H and O–H groups in total. The Hall–Kier alpha value is -3.00. The molecule has 128 valence electrons. The standard InChI is InChI=1S/C17H17N5O2S/c1-2-23-14-5-3-12(4-6-14)16-21-15(24-22-16)11-19-17(25)20-13-7-9-18-10-8-13/h3-10H,2,11H2,1H3,(H2,18,19,20,25). The average molecular weight is 355 g/mol. The van der Waals surface area contributed by atoms with Crippen molar-refractivity contribution in [1.82, 2.24) is 20.4 Å². The highest BCUT2D eigenvalue weighted by molar-refractivity contribution is 7.80. The summed E-state index contributed by atoms with van der Waals surface area (Å²) in [6, 6.07) is 11.2. The maximum absolute atomic E-state index is 5.42. The van der Waals surface area contributed by atoms with Gasteiger partial charge in [-0.2, -0.15) is 4.98 Å². The normalized spacial score (nSPS) is 10.3. The molecule has 3 aromatic rings. The summed E-state index contributed by atoms with van der Waals surface area (Å²) in [5.74, 6) is 1.78. The molecule has 0 aliphatic carbocycles. The molecule has 0 bridgehead atoms. The first-order valence-corrected chi connectivity index (χ1v) is 8.16. The number of nitrogens with zero attached hydrogens (tertiary/aromatic N) is 3. The van der Waals surface area contributed by atoms with Crippen molar-refractivity contribution >= 4 is 23.0 Å². The van der Waals surface area contributed by atoms with Crippen molar-refractivity contribution in [3.63, 3.8) is 0 Å². The third-order valence-corrected chi connectivity index (χ3v) is 3.48. The van der Waals surface area contributed by atoms with Crippen molar-refractivity contribution in [2.45, 2.75) is 13.5 Å². The Morgan fingerprint density at radius 1 is 1.16 bits per heavy atom. The molecule has 0 atom stereocenters. The number of nitrogens with one attached hydrogen (secondary N) is 2. The molecule has 2 heterocycles. The average Bonchev–Trinajstić information content (AvgIpc) is 3.11. The van der Waals surface area contributed by atoms with Gasteiger partial charge in [-0.3, -0.25) is 4.98 Å². The predicted molar refractivity (Wildman–Crippen MR) is 98.2 cm³/mol. The smallest absolute Gasteiger partial charge is 0.246 e. The fourth-order valence-corrected chi connectivity index (χ4v) is 2.27. The van der Waals surface area contributed by atoms with Crippen LogP contribution in [0.4, 0.5) is 5.69 Å². The minimum Gasteiger partial charge on any atom is -0.494 e. The summed E-state index contributed by atoms with van der Waals surface area (Å²) in [4.78, 5) is 8.31. The van der Waals surface area contributed by atoms with E-state index in [4.69, 9.17) is 21.5 Å². The first kappa shape index (κ1) is 16.8. The maximum atomic E-state index is 5.42. The van der Waals surface area contributed by atoms with Gasteiger partial charge in [-0.1, -0.05) is 5.16 Å². The minimum absolute atomic E-state index is 0.334. The Morgan fingerprint density at radius 3 is 2.64 bits per heavy atom. The predicted octanol–water partition coefficient (Wildman–Crippen LogP) is 3.02. The van der Waals surface area contributed by atoms with E-state index in [1.165, 1.54) is 0 Å². The van der Waals surface area contributed by atoms with E-state index in [0.29, 0.717) is 30.0 Å². The molecule has 0 aliphatic rings. The summed E-state index contributed by atoms with van der Waals surface area (Å²) in [5, 5.41) is 10.5. The second kappa shape index (κ2) is 8.20. The van der Waals surface area contributed by atoms with E-state index in [1.54, 1.807) is 12.4 Å². The molecule has 0 spiro atoms. The van der Waals surface area contributed by atoms with Gasteiger partial charge in [0.1, 0.15) is 5.75 Å². The number of pyridine rings is 1. The topological polar surface area (TPSA) is 85.1 Å². The number of thiocarbonyl (C=S) groups is 1. The third kappa shape index (κ3) is 4.74. The minimum atomic E-state index is 0.334. The quantitative estimate of drug-likeness (QED) is 0.653. The highest BCUT2D eigenvalue weighted by atomic mass is 32.1. The highest BCUT2D eigenvalue weighted by Gasteiger charge is 2.09. The van der Waals surface area contributed by atoms with Crippen LogP contribution < -0.4 is 15.4 Å². The van der Waals surface area contributed by atoms with E-state index in [1.807, 2.05) is 43.3 Å². The second-order valence-electron chi connectivity index (χ2n) is 5.01. The molecule has 8 heteroatoms. The van der Waals surface area contributed by atoms with Crippen molar-refractivity contribution in [2.75, 3.05) is 11.9 Å². The molecule has 0 fully saturated rings. The molecular formula is C17H17N5O2S. The van der Waals surface area contributed by atoms with Crippen LogP contribution in [0.5, 0.6) is 5.75 Å². The van der Waals surface area contributed by atoms with Crippen molar-refractivity contribution in [3.8, 4) is 17.1 Å². The Labute approximate surface area is 150 Å². The largest absolute Gasteiger partial charge is 0.494 e.